The van der Waals surface area contributed by atoms with Gasteiger partial charge < -0.3 is 9.32 Å². The third-order valence-electron chi connectivity index (χ3n) is 3.83. The van der Waals surface area contributed by atoms with E-state index < -0.39 is 10.0 Å². The van der Waals surface area contributed by atoms with Gasteiger partial charge in [0.05, 0.1) is 11.4 Å². The molecule has 1 saturated carbocycles. The number of carbonyl (C=O) groups is 1. The highest BCUT2D eigenvalue weighted by atomic mass is 32.2. The summed E-state index contributed by atoms with van der Waals surface area (Å²) >= 11 is 0. The van der Waals surface area contributed by atoms with Crippen LogP contribution in [-0.2, 0) is 16.6 Å². The van der Waals surface area contributed by atoms with Crippen molar-refractivity contribution in [2.24, 2.45) is 0 Å². The number of aryl methyl sites for hydroxylation is 1. The van der Waals surface area contributed by atoms with Crippen LogP contribution in [0.1, 0.15) is 34.7 Å². The van der Waals surface area contributed by atoms with Crippen LogP contribution in [-0.4, -0.2) is 32.3 Å². The van der Waals surface area contributed by atoms with Crippen molar-refractivity contribution in [1.29, 1.82) is 0 Å². The summed E-state index contributed by atoms with van der Waals surface area (Å²) < 4.78 is 32.6. The van der Waals surface area contributed by atoms with E-state index in [1.165, 1.54) is 17.0 Å². The van der Waals surface area contributed by atoms with Crippen LogP contribution in [0.4, 0.5) is 0 Å². The molecular weight excluding hydrogens is 328 g/mol. The molecule has 2 aromatic rings. The summed E-state index contributed by atoms with van der Waals surface area (Å²) in [7, 11) is -1.92. The molecule has 1 N–H and O–H groups in total. The molecular formula is C17H20N2O4S. The van der Waals surface area contributed by atoms with E-state index in [0.29, 0.717) is 17.9 Å². The van der Waals surface area contributed by atoms with Crippen molar-refractivity contribution in [3.8, 4) is 0 Å². The molecule has 0 unspecified atom stereocenters. The number of hydrogen-bond acceptors (Lipinski definition) is 4. The Labute approximate surface area is 141 Å². The quantitative estimate of drug-likeness (QED) is 0.869. The SMILES string of the molecule is Cc1ccc(CN(C)C(=O)c2cccc(S(=O)(=O)NC3CC3)c2)o1. The maximum atomic E-state index is 12.5. The van der Waals surface area contributed by atoms with Gasteiger partial charge in [0.15, 0.2) is 0 Å². The largest absolute Gasteiger partial charge is 0.464 e. The van der Waals surface area contributed by atoms with Gasteiger partial charge in [-0.2, -0.15) is 0 Å². The highest BCUT2D eigenvalue weighted by molar-refractivity contribution is 7.89. The van der Waals surface area contributed by atoms with Crippen LogP contribution >= 0.6 is 0 Å². The van der Waals surface area contributed by atoms with Crippen molar-refractivity contribution in [2.75, 3.05) is 7.05 Å². The molecule has 0 bridgehead atoms. The number of nitrogens with one attached hydrogen (secondary N) is 1. The molecule has 0 spiro atoms. The third-order valence-corrected chi connectivity index (χ3v) is 5.34. The number of amides is 1. The van der Waals surface area contributed by atoms with E-state index in [2.05, 4.69) is 4.72 Å². The van der Waals surface area contributed by atoms with Crippen molar-refractivity contribution >= 4 is 15.9 Å². The fourth-order valence-electron chi connectivity index (χ4n) is 2.38. The molecule has 6 nitrogen and oxygen atoms in total. The Morgan fingerprint density at radius 2 is 2.04 bits per heavy atom. The van der Waals surface area contributed by atoms with E-state index in [9.17, 15) is 13.2 Å². The molecule has 0 radical (unpaired) electrons. The highest BCUT2D eigenvalue weighted by Crippen LogP contribution is 2.22. The maximum Gasteiger partial charge on any atom is 0.254 e. The Kier molecular flexibility index (Phi) is 4.47. The molecule has 1 amide bonds. The van der Waals surface area contributed by atoms with Crippen LogP contribution in [0.25, 0.3) is 0 Å². The molecule has 1 fully saturated rings. The first-order chi connectivity index (χ1) is 11.3. The highest BCUT2D eigenvalue weighted by Gasteiger charge is 2.28. The van der Waals surface area contributed by atoms with Gasteiger partial charge in [0.1, 0.15) is 11.5 Å². The fourth-order valence-corrected chi connectivity index (χ4v) is 3.73. The summed E-state index contributed by atoms with van der Waals surface area (Å²) in [5.74, 6) is 1.21. The molecule has 1 aromatic carbocycles. The monoisotopic (exact) mass is 348 g/mol. The number of hydrogen-bond donors (Lipinski definition) is 1. The van der Waals surface area contributed by atoms with Crippen molar-refractivity contribution in [2.45, 2.75) is 37.2 Å². The van der Waals surface area contributed by atoms with Gasteiger partial charge in [-0.25, -0.2) is 13.1 Å². The number of sulfonamides is 1. The average molecular weight is 348 g/mol. The van der Waals surface area contributed by atoms with E-state index in [1.54, 1.807) is 19.2 Å². The lowest BCUT2D eigenvalue weighted by molar-refractivity contribution is 0.0774. The van der Waals surface area contributed by atoms with E-state index in [4.69, 9.17) is 4.42 Å². The van der Waals surface area contributed by atoms with Gasteiger partial charge in [-0.05, 0) is 50.1 Å². The first-order valence-corrected chi connectivity index (χ1v) is 9.26. The number of carbonyl (C=O) groups excluding carboxylic acids is 1. The number of benzene rings is 1. The Balaban J connectivity index is 1.76. The molecule has 128 valence electrons. The maximum absolute atomic E-state index is 12.5. The van der Waals surface area contributed by atoms with E-state index in [0.717, 1.165) is 18.6 Å². The van der Waals surface area contributed by atoms with Gasteiger partial charge in [-0.3, -0.25) is 4.79 Å². The van der Waals surface area contributed by atoms with E-state index in [-0.39, 0.29) is 16.8 Å². The van der Waals surface area contributed by atoms with Crippen LogP contribution in [0.2, 0.25) is 0 Å². The van der Waals surface area contributed by atoms with Crippen molar-refractivity contribution < 1.29 is 17.6 Å². The van der Waals surface area contributed by atoms with Gasteiger partial charge in [0.25, 0.3) is 5.91 Å². The van der Waals surface area contributed by atoms with Gasteiger partial charge in [-0.1, -0.05) is 6.07 Å². The summed E-state index contributed by atoms with van der Waals surface area (Å²) in [5.41, 5.74) is 0.333. The van der Waals surface area contributed by atoms with E-state index >= 15 is 0 Å². The summed E-state index contributed by atoms with van der Waals surface area (Å²) in [6.45, 7) is 2.16. The lowest BCUT2D eigenvalue weighted by Crippen LogP contribution is -2.28. The Morgan fingerprint density at radius 3 is 2.67 bits per heavy atom. The molecule has 24 heavy (non-hydrogen) atoms. The summed E-state index contributed by atoms with van der Waals surface area (Å²) in [6, 6.07) is 9.79. The van der Waals surface area contributed by atoms with Crippen molar-refractivity contribution in [3.05, 3.63) is 53.5 Å². The smallest absolute Gasteiger partial charge is 0.254 e. The van der Waals surface area contributed by atoms with Gasteiger partial charge in [-0.15, -0.1) is 0 Å². The molecule has 0 aliphatic heterocycles. The zero-order valence-corrected chi connectivity index (χ0v) is 14.5. The van der Waals surface area contributed by atoms with Gasteiger partial charge in [0.2, 0.25) is 10.0 Å². The lowest BCUT2D eigenvalue weighted by atomic mass is 10.2. The Bertz CT molecular complexity index is 853. The molecule has 7 heteroatoms. The predicted octanol–water partition coefficient (Wildman–Crippen LogP) is 2.30. The number of rotatable bonds is 6. The topological polar surface area (TPSA) is 79.6 Å². The standard InChI is InChI=1S/C17H20N2O4S/c1-12-6-9-15(23-12)11-19(2)17(20)13-4-3-5-16(10-13)24(21,22)18-14-7-8-14/h3-6,9-10,14,18H,7-8,11H2,1-2H3. The second kappa shape index (κ2) is 6.41. The minimum atomic E-state index is -3.57. The summed E-state index contributed by atoms with van der Waals surface area (Å²) in [6.07, 6.45) is 1.73. The normalized spacial score (nSPS) is 14.6. The Morgan fingerprint density at radius 1 is 1.29 bits per heavy atom. The molecule has 1 aromatic heterocycles. The first kappa shape index (κ1) is 16.7. The first-order valence-electron chi connectivity index (χ1n) is 7.78. The van der Waals surface area contributed by atoms with Crippen LogP contribution < -0.4 is 4.72 Å². The second-order valence-electron chi connectivity index (χ2n) is 6.10. The van der Waals surface area contributed by atoms with Crippen molar-refractivity contribution in [3.63, 3.8) is 0 Å². The van der Waals surface area contributed by atoms with Crippen LogP contribution in [0.15, 0.2) is 45.7 Å². The third kappa shape index (κ3) is 3.85. The molecule has 3 rings (SSSR count). The number of furan rings is 1. The molecule has 1 aliphatic carbocycles. The van der Waals surface area contributed by atoms with Crippen molar-refractivity contribution in [1.82, 2.24) is 9.62 Å². The summed E-state index contributed by atoms with van der Waals surface area (Å²) in [4.78, 5) is 14.2. The van der Waals surface area contributed by atoms with Crippen LogP contribution in [0.3, 0.4) is 0 Å². The Hall–Kier alpha value is -2.12. The minimum absolute atomic E-state index is 0.0271. The minimum Gasteiger partial charge on any atom is -0.464 e. The van der Waals surface area contributed by atoms with Gasteiger partial charge >= 0.3 is 0 Å². The number of nitrogens with zero attached hydrogens (tertiary/aromatic N) is 1. The molecule has 0 atom stereocenters. The van der Waals surface area contributed by atoms with E-state index in [1.807, 2.05) is 19.1 Å². The average Bonchev–Trinajstić information content (AvgIpc) is 3.26. The lowest BCUT2D eigenvalue weighted by Gasteiger charge is -2.16. The molecule has 1 aliphatic rings. The van der Waals surface area contributed by atoms with Crippen LogP contribution in [0, 0.1) is 6.92 Å². The second-order valence-corrected chi connectivity index (χ2v) is 7.81. The molecule has 0 saturated heterocycles. The molecule has 1 heterocycles. The van der Waals surface area contributed by atoms with Gasteiger partial charge in [0, 0.05) is 18.7 Å². The zero-order chi connectivity index (χ0) is 17.3. The predicted molar refractivity (Wildman–Crippen MR) is 89.0 cm³/mol. The fraction of sp³-hybridized carbons (Fsp3) is 0.353. The zero-order valence-electron chi connectivity index (χ0n) is 13.7. The summed E-state index contributed by atoms with van der Waals surface area (Å²) in [5, 5.41) is 0. The van der Waals surface area contributed by atoms with Crippen LogP contribution in [0.5, 0.6) is 0 Å².